The van der Waals surface area contributed by atoms with Crippen LogP contribution in [0.25, 0.3) is 0 Å². The summed E-state index contributed by atoms with van der Waals surface area (Å²) in [6.07, 6.45) is 1.90. The number of halogens is 1. The largest absolute Gasteiger partial charge is 0.364 e. The first-order chi connectivity index (χ1) is 6.11. The molecule has 70 valence electrons. The first kappa shape index (κ1) is 8.81. The van der Waals surface area contributed by atoms with E-state index < -0.39 is 0 Å². The zero-order chi connectivity index (χ0) is 9.59. The van der Waals surface area contributed by atoms with Crippen molar-refractivity contribution in [1.82, 2.24) is 10.3 Å². The van der Waals surface area contributed by atoms with Gasteiger partial charge >= 0.3 is 0 Å². The highest BCUT2D eigenvalue weighted by Crippen LogP contribution is 2.34. The molecule has 1 aromatic rings. The lowest BCUT2D eigenvalue weighted by atomic mass is 9.99. The molecule has 0 aliphatic carbocycles. The maximum absolute atomic E-state index is 11.6. The van der Waals surface area contributed by atoms with E-state index in [9.17, 15) is 4.79 Å². The first-order valence-electron chi connectivity index (χ1n) is 4.24. The Hall–Kier alpha value is -0.770. The van der Waals surface area contributed by atoms with Crippen LogP contribution in [0.1, 0.15) is 33.4 Å². The average molecular weight is 243 g/mol. The summed E-state index contributed by atoms with van der Waals surface area (Å²) in [6.45, 7) is 3.90. The van der Waals surface area contributed by atoms with Crippen LogP contribution in [-0.4, -0.2) is 16.9 Å². The number of aromatic nitrogens is 1. The zero-order valence-electron chi connectivity index (χ0n) is 7.52. The molecule has 0 spiro atoms. The van der Waals surface area contributed by atoms with Crippen LogP contribution >= 0.6 is 15.9 Å². The summed E-state index contributed by atoms with van der Waals surface area (Å²) in [5.74, 6) is 0.0250. The van der Waals surface area contributed by atoms with Crippen molar-refractivity contribution >= 4 is 21.8 Å². The van der Waals surface area contributed by atoms with Crippen LogP contribution in [0.4, 0.5) is 0 Å². The zero-order valence-corrected chi connectivity index (χ0v) is 9.10. The van der Waals surface area contributed by atoms with E-state index in [1.54, 1.807) is 0 Å². The fourth-order valence-electron chi connectivity index (χ4n) is 1.69. The number of rotatable bonds is 0. The fourth-order valence-corrected chi connectivity index (χ4v) is 2.18. The van der Waals surface area contributed by atoms with E-state index in [4.69, 9.17) is 0 Å². The number of nitrogens with one attached hydrogen (secondary N) is 2. The minimum absolute atomic E-state index is 0.0250. The van der Waals surface area contributed by atoms with Gasteiger partial charge in [0, 0.05) is 17.9 Å². The molecule has 0 radical (unpaired) electrons. The molecular weight excluding hydrogens is 232 g/mol. The predicted octanol–water partition coefficient (Wildman–Crippen LogP) is 1.89. The van der Waals surface area contributed by atoms with Crippen LogP contribution in [-0.2, 0) is 0 Å². The van der Waals surface area contributed by atoms with Crippen molar-refractivity contribution in [2.24, 2.45) is 0 Å². The summed E-state index contributed by atoms with van der Waals surface area (Å²) >= 11 is 3.56. The SMILES string of the molecule is Cc1[nH]cc2c1C(=O)NC(C)C2Br. The standard InChI is InChI=1S/C9H11BrN2O/c1-4-7-6(3-11-4)8(10)5(2)12-9(7)13/h3,5,8,11H,1-2H3,(H,12,13). The molecule has 1 aliphatic heterocycles. The summed E-state index contributed by atoms with van der Waals surface area (Å²) in [6, 6.07) is 0.148. The molecule has 2 atom stereocenters. The summed E-state index contributed by atoms with van der Waals surface area (Å²) < 4.78 is 0. The van der Waals surface area contributed by atoms with Gasteiger partial charge in [-0.15, -0.1) is 0 Å². The van der Waals surface area contributed by atoms with E-state index in [0.717, 1.165) is 16.8 Å². The van der Waals surface area contributed by atoms with Gasteiger partial charge in [0.1, 0.15) is 0 Å². The lowest BCUT2D eigenvalue weighted by molar-refractivity contribution is 0.0929. The highest BCUT2D eigenvalue weighted by Gasteiger charge is 2.31. The van der Waals surface area contributed by atoms with Crippen molar-refractivity contribution in [2.75, 3.05) is 0 Å². The first-order valence-corrected chi connectivity index (χ1v) is 5.15. The summed E-state index contributed by atoms with van der Waals surface area (Å²) in [7, 11) is 0. The molecule has 1 aliphatic rings. The second-order valence-corrected chi connectivity index (χ2v) is 4.39. The second kappa shape index (κ2) is 2.87. The molecule has 3 nitrogen and oxygen atoms in total. The summed E-state index contributed by atoms with van der Waals surface area (Å²) in [5.41, 5.74) is 2.79. The minimum atomic E-state index is 0.0250. The van der Waals surface area contributed by atoms with E-state index in [1.165, 1.54) is 0 Å². The van der Waals surface area contributed by atoms with Crippen LogP contribution < -0.4 is 5.32 Å². The Morgan fingerprint density at radius 3 is 2.92 bits per heavy atom. The third kappa shape index (κ3) is 1.20. The van der Waals surface area contributed by atoms with Crippen LogP contribution in [0.2, 0.25) is 0 Å². The number of aromatic amines is 1. The highest BCUT2D eigenvalue weighted by molar-refractivity contribution is 9.09. The van der Waals surface area contributed by atoms with Crippen molar-refractivity contribution in [3.05, 3.63) is 23.0 Å². The number of H-pyrrole nitrogens is 1. The molecule has 0 saturated carbocycles. The lowest BCUT2D eigenvalue weighted by Gasteiger charge is -2.25. The van der Waals surface area contributed by atoms with E-state index in [1.807, 2.05) is 20.0 Å². The van der Waals surface area contributed by atoms with E-state index in [-0.39, 0.29) is 16.8 Å². The smallest absolute Gasteiger partial charge is 0.253 e. The van der Waals surface area contributed by atoms with Crippen molar-refractivity contribution in [3.63, 3.8) is 0 Å². The molecule has 4 heteroatoms. The van der Waals surface area contributed by atoms with Gasteiger partial charge in [0.25, 0.3) is 5.91 Å². The third-order valence-electron chi connectivity index (χ3n) is 2.43. The number of fused-ring (bicyclic) bond motifs is 1. The highest BCUT2D eigenvalue weighted by atomic mass is 79.9. The topological polar surface area (TPSA) is 44.9 Å². The Morgan fingerprint density at radius 1 is 1.54 bits per heavy atom. The van der Waals surface area contributed by atoms with Crippen molar-refractivity contribution in [2.45, 2.75) is 24.7 Å². The Balaban J connectivity index is 2.56. The number of alkyl halides is 1. The normalized spacial score (nSPS) is 26.8. The Labute approximate surface area is 85.0 Å². The van der Waals surface area contributed by atoms with Gasteiger partial charge in [-0.1, -0.05) is 15.9 Å². The minimum Gasteiger partial charge on any atom is -0.364 e. The number of carbonyl (C=O) groups is 1. The Morgan fingerprint density at radius 2 is 2.23 bits per heavy atom. The molecule has 13 heavy (non-hydrogen) atoms. The number of carbonyl (C=O) groups excluding carboxylic acids is 1. The quantitative estimate of drug-likeness (QED) is 0.671. The van der Waals surface area contributed by atoms with Gasteiger partial charge in [-0.3, -0.25) is 4.79 Å². The van der Waals surface area contributed by atoms with Crippen molar-refractivity contribution in [1.29, 1.82) is 0 Å². The molecule has 0 saturated heterocycles. The molecule has 0 aromatic carbocycles. The van der Waals surface area contributed by atoms with Gasteiger partial charge in [0.05, 0.1) is 10.4 Å². The molecule has 2 unspecified atom stereocenters. The van der Waals surface area contributed by atoms with Crippen LogP contribution in [0, 0.1) is 6.92 Å². The van der Waals surface area contributed by atoms with Gasteiger partial charge in [-0.25, -0.2) is 0 Å². The molecule has 2 heterocycles. The van der Waals surface area contributed by atoms with Gasteiger partial charge in [-0.2, -0.15) is 0 Å². The number of amides is 1. The lowest BCUT2D eigenvalue weighted by Crippen LogP contribution is -2.40. The van der Waals surface area contributed by atoms with Gasteiger partial charge in [0.2, 0.25) is 0 Å². The molecule has 1 amide bonds. The van der Waals surface area contributed by atoms with Gasteiger partial charge in [0.15, 0.2) is 0 Å². The monoisotopic (exact) mass is 242 g/mol. The van der Waals surface area contributed by atoms with E-state index in [2.05, 4.69) is 26.2 Å². The fraction of sp³-hybridized carbons (Fsp3) is 0.444. The van der Waals surface area contributed by atoms with E-state index >= 15 is 0 Å². The molecular formula is C9H11BrN2O. The average Bonchev–Trinajstić information content (AvgIpc) is 2.44. The number of hydrogen-bond donors (Lipinski definition) is 2. The summed E-state index contributed by atoms with van der Waals surface area (Å²) in [4.78, 5) is 14.9. The van der Waals surface area contributed by atoms with Crippen molar-refractivity contribution in [3.8, 4) is 0 Å². The molecule has 0 fully saturated rings. The number of hydrogen-bond acceptors (Lipinski definition) is 1. The van der Waals surface area contributed by atoms with Crippen molar-refractivity contribution < 1.29 is 4.79 Å². The van der Waals surface area contributed by atoms with Gasteiger partial charge in [-0.05, 0) is 19.4 Å². The van der Waals surface area contributed by atoms with Gasteiger partial charge < -0.3 is 10.3 Å². The Bertz CT molecular complexity index is 358. The molecule has 2 rings (SSSR count). The maximum Gasteiger partial charge on any atom is 0.253 e. The molecule has 1 aromatic heterocycles. The van der Waals surface area contributed by atoms with Crippen LogP contribution in [0.3, 0.4) is 0 Å². The number of aryl methyl sites for hydroxylation is 1. The second-order valence-electron chi connectivity index (χ2n) is 3.41. The summed E-state index contributed by atoms with van der Waals surface area (Å²) in [5, 5.41) is 2.91. The molecule has 0 bridgehead atoms. The molecule has 2 N–H and O–H groups in total. The predicted molar refractivity (Wildman–Crippen MR) is 54.1 cm³/mol. The van der Waals surface area contributed by atoms with E-state index in [0.29, 0.717) is 0 Å². The van der Waals surface area contributed by atoms with Crippen LogP contribution in [0.15, 0.2) is 6.20 Å². The third-order valence-corrected chi connectivity index (χ3v) is 3.72. The Kier molecular flexibility index (Phi) is 1.95. The van der Waals surface area contributed by atoms with Crippen LogP contribution in [0.5, 0.6) is 0 Å². The maximum atomic E-state index is 11.6.